The third-order valence-electron chi connectivity index (χ3n) is 4.32. The van der Waals surface area contributed by atoms with Crippen molar-refractivity contribution in [1.82, 2.24) is 0 Å². The molecule has 0 unspecified atom stereocenters. The minimum absolute atomic E-state index is 0.00486. The normalized spacial score (nSPS) is 26.8. The number of hydrogen-bond donors (Lipinski definition) is 1. The topological polar surface area (TPSA) is 35.2 Å². The lowest BCUT2D eigenvalue weighted by Crippen LogP contribution is -2.44. The van der Waals surface area contributed by atoms with E-state index in [4.69, 9.17) is 10.5 Å². The van der Waals surface area contributed by atoms with E-state index < -0.39 is 0 Å². The van der Waals surface area contributed by atoms with Crippen LogP contribution in [-0.4, -0.2) is 18.8 Å². The van der Waals surface area contributed by atoms with E-state index in [1.54, 1.807) is 0 Å². The molecule has 0 aromatic carbocycles. The van der Waals surface area contributed by atoms with E-state index in [1.807, 2.05) is 0 Å². The second-order valence-electron chi connectivity index (χ2n) is 5.94. The lowest BCUT2D eigenvalue weighted by molar-refractivity contribution is 0.0553. The summed E-state index contributed by atoms with van der Waals surface area (Å²) in [5.41, 5.74) is 6.41. The number of ether oxygens (including phenoxy) is 1. The second kappa shape index (κ2) is 6.02. The summed E-state index contributed by atoms with van der Waals surface area (Å²) >= 11 is 0. The Morgan fingerprint density at radius 1 is 0.938 bits per heavy atom. The molecule has 2 aliphatic carbocycles. The lowest BCUT2D eigenvalue weighted by atomic mass is 9.92. The van der Waals surface area contributed by atoms with Crippen LogP contribution in [-0.2, 0) is 4.74 Å². The molecule has 2 aliphatic rings. The molecule has 2 fully saturated rings. The van der Waals surface area contributed by atoms with Crippen molar-refractivity contribution in [3.8, 4) is 0 Å². The Morgan fingerprint density at radius 3 is 2.19 bits per heavy atom. The molecule has 0 atom stereocenters. The van der Waals surface area contributed by atoms with Crippen molar-refractivity contribution in [3.63, 3.8) is 0 Å². The summed E-state index contributed by atoms with van der Waals surface area (Å²) in [6.45, 7) is 1.75. The number of hydrogen-bond acceptors (Lipinski definition) is 2. The molecule has 2 heteroatoms. The fourth-order valence-electron chi connectivity index (χ4n) is 3.18. The summed E-state index contributed by atoms with van der Waals surface area (Å²) in [7, 11) is 0. The predicted octanol–water partition coefficient (Wildman–Crippen LogP) is 3.24. The van der Waals surface area contributed by atoms with Crippen LogP contribution in [0.3, 0.4) is 0 Å². The molecular formula is C14H27NO. The van der Waals surface area contributed by atoms with Gasteiger partial charge in [-0.15, -0.1) is 0 Å². The molecule has 0 saturated heterocycles. The van der Waals surface area contributed by atoms with Gasteiger partial charge in [0, 0.05) is 12.1 Å². The zero-order valence-electron chi connectivity index (χ0n) is 10.5. The maximum atomic E-state index is 6.42. The zero-order valence-corrected chi connectivity index (χ0v) is 10.5. The summed E-state index contributed by atoms with van der Waals surface area (Å²) in [6.07, 6.45) is 13.2. The van der Waals surface area contributed by atoms with Crippen molar-refractivity contribution in [2.45, 2.75) is 69.7 Å². The van der Waals surface area contributed by atoms with E-state index >= 15 is 0 Å². The van der Waals surface area contributed by atoms with Gasteiger partial charge in [-0.2, -0.15) is 0 Å². The van der Waals surface area contributed by atoms with Gasteiger partial charge in [0.05, 0.1) is 6.61 Å². The van der Waals surface area contributed by atoms with Crippen LogP contribution in [0.25, 0.3) is 0 Å². The Balaban J connectivity index is 1.66. The third-order valence-corrected chi connectivity index (χ3v) is 4.32. The predicted molar refractivity (Wildman–Crippen MR) is 67.4 cm³/mol. The van der Waals surface area contributed by atoms with E-state index in [0.29, 0.717) is 0 Å². The molecule has 2 saturated carbocycles. The molecule has 0 heterocycles. The van der Waals surface area contributed by atoms with E-state index in [9.17, 15) is 0 Å². The van der Waals surface area contributed by atoms with Crippen LogP contribution in [0.2, 0.25) is 0 Å². The highest BCUT2D eigenvalue weighted by Gasteiger charge is 2.27. The quantitative estimate of drug-likeness (QED) is 0.745. The van der Waals surface area contributed by atoms with E-state index in [-0.39, 0.29) is 5.54 Å². The third kappa shape index (κ3) is 3.74. The van der Waals surface area contributed by atoms with Crippen molar-refractivity contribution in [1.29, 1.82) is 0 Å². The summed E-state index contributed by atoms with van der Waals surface area (Å²) < 4.78 is 5.89. The highest BCUT2D eigenvalue weighted by molar-refractivity contribution is 4.86. The van der Waals surface area contributed by atoms with Gasteiger partial charge in [-0.1, -0.05) is 38.5 Å². The molecule has 0 aliphatic heterocycles. The lowest BCUT2D eigenvalue weighted by Gasteiger charge is -2.28. The molecule has 2 nitrogen and oxygen atoms in total. The summed E-state index contributed by atoms with van der Waals surface area (Å²) in [4.78, 5) is 0. The molecular weight excluding hydrogens is 198 g/mol. The smallest absolute Gasteiger partial charge is 0.0646 e. The second-order valence-corrected chi connectivity index (χ2v) is 5.94. The van der Waals surface area contributed by atoms with Crippen LogP contribution in [0.15, 0.2) is 0 Å². The standard InChI is InChI=1S/C14H27NO/c15-14(9-5-1-2-6-10-14)12-16-11-13-7-3-4-8-13/h13H,1-12,15H2. The number of nitrogens with two attached hydrogens (primary N) is 1. The van der Waals surface area contributed by atoms with Gasteiger partial charge in [0.25, 0.3) is 0 Å². The molecule has 0 spiro atoms. The van der Waals surface area contributed by atoms with Crippen LogP contribution in [0, 0.1) is 5.92 Å². The first-order valence-electron chi connectivity index (χ1n) is 7.15. The molecule has 0 aromatic heterocycles. The Hall–Kier alpha value is -0.0800. The first kappa shape index (κ1) is 12.4. The van der Waals surface area contributed by atoms with Gasteiger partial charge in [-0.25, -0.2) is 0 Å². The van der Waals surface area contributed by atoms with Crippen molar-refractivity contribution < 1.29 is 4.74 Å². The molecule has 2 rings (SSSR count). The van der Waals surface area contributed by atoms with Crippen LogP contribution < -0.4 is 5.73 Å². The minimum Gasteiger partial charge on any atom is -0.379 e. The van der Waals surface area contributed by atoms with Gasteiger partial charge in [0.2, 0.25) is 0 Å². The molecule has 0 amide bonds. The summed E-state index contributed by atoms with van der Waals surface area (Å²) in [6, 6.07) is 0. The fourth-order valence-corrected chi connectivity index (χ4v) is 3.18. The highest BCUT2D eigenvalue weighted by atomic mass is 16.5. The van der Waals surface area contributed by atoms with Gasteiger partial charge in [0.15, 0.2) is 0 Å². The maximum absolute atomic E-state index is 6.42. The fraction of sp³-hybridized carbons (Fsp3) is 1.00. The van der Waals surface area contributed by atoms with Crippen molar-refractivity contribution >= 4 is 0 Å². The van der Waals surface area contributed by atoms with Gasteiger partial charge in [-0.3, -0.25) is 0 Å². The molecule has 94 valence electrons. The van der Waals surface area contributed by atoms with Gasteiger partial charge in [0.1, 0.15) is 0 Å². The molecule has 0 radical (unpaired) electrons. The SMILES string of the molecule is NC1(COCC2CCCC2)CCCCCC1. The van der Waals surface area contributed by atoms with Gasteiger partial charge < -0.3 is 10.5 Å². The van der Waals surface area contributed by atoms with Gasteiger partial charge in [-0.05, 0) is 31.6 Å². The minimum atomic E-state index is -0.00486. The Bertz CT molecular complexity index is 191. The van der Waals surface area contributed by atoms with Gasteiger partial charge >= 0.3 is 0 Å². The Labute approximate surface area is 99.9 Å². The van der Waals surface area contributed by atoms with E-state index in [1.165, 1.54) is 51.4 Å². The highest BCUT2D eigenvalue weighted by Crippen LogP contribution is 2.27. The largest absolute Gasteiger partial charge is 0.379 e. The summed E-state index contributed by atoms with van der Waals surface area (Å²) in [5, 5.41) is 0. The van der Waals surface area contributed by atoms with Crippen LogP contribution >= 0.6 is 0 Å². The zero-order chi connectivity index (χ0) is 11.3. The first-order chi connectivity index (χ1) is 7.79. The average Bonchev–Trinajstić information content (AvgIpc) is 2.68. The Morgan fingerprint density at radius 2 is 1.56 bits per heavy atom. The van der Waals surface area contributed by atoms with E-state index in [0.717, 1.165) is 32.0 Å². The molecule has 0 bridgehead atoms. The number of rotatable bonds is 4. The van der Waals surface area contributed by atoms with Crippen LogP contribution in [0.1, 0.15) is 64.2 Å². The van der Waals surface area contributed by atoms with Crippen LogP contribution in [0.4, 0.5) is 0 Å². The molecule has 0 aromatic rings. The average molecular weight is 225 g/mol. The molecule has 2 N–H and O–H groups in total. The first-order valence-corrected chi connectivity index (χ1v) is 7.15. The Kier molecular flexibility index (Phi) is 4.66. The van der Waals surface area contributed by atoms with Crippen molar-refractivity contribution in [2.75, 3.05) is 13.2 Å². The molecule has 16 heavy (non-hydrogen) atoms. The maximum Gasteiger partial charge on any atom is 0.0646 e. The van der Waals surface area contributed by atoms with Crippen molar-refractivity contribution in [2.24, 2.45) is 11.7 Å². The van der Waals surface area contributed by atoms with Crippen molar-refractivity contribution in [3.05, 3.63) is 0 Å². The van der Waals surface area contributed by atoms with E-state index in [2.05, 4.69) is 0 Å². The summed E-state index contributed by atoms with van der Waals surface area (Å²) in [5.74, 6) is 0.828. The monoisotopic (exact) mass is 225 g/mol. The van der Waals surface area contributed by atoms with Crippen LogP contribution in [0.5, 0.6) is 0 Å².